The maximum atomic E-state index is 5.22. The smallest absolute Gasteiger partial charge is 0.174 e. The fourth-order valence-corrected chi connectivity index (χ4v) is 1.99. The van der Waals surface area contributed by atoms with Gasteiger partial charge in [-0.15, -0.1) is 0 Å². The zero-order valence-electron chi connectivity index (χ0n) is 9.93. The number of fused-ring (bicyclic) bond motifs is 1. The van der Waals surface area contributed by atoms with Crippen LogP contribution in [0.1, 0.15) is 5.56 Å². The number of para-hydroxylation sites is 1. The van der Waals surface area contributed by atoms with Crippen LogP contribution in [0.5, 0.6) is 0 Å². The first kappa shape index (κ1) is 11.2. The Bertz CT molecular complexity index is 472. The van der Waals surface area contributed by atoms with Crippen molar-refractivity contribution in [3.05, 3.63) is 36.0 Å². The van der Waals surface area contributed by atoms with E-state index in [0.717, 1.165) is 0 Å². The van der Waals surface area contributed by atoms with E-state index in [-0.39, 0.29) is 6.29 Å². The second-order valence-electron chi connectivity index (χ2n) is 3.88. The number of rotatable bonds is 4. The van der Waals surface area contributed by atoms with E-state index < -0.39 is 0 Å². The van der Waals surface area contributed by atoms with Gasteiger partial charge in [0.2, 0.25) is 0 Å². The van der Waals surface area contributed by atoms with Gasteiger partial charge in [-0.25, -0.2) is 0 Å². The molecule has 3 heteroatoms. The van der Waals surface area contributed by atoms with Crippen molar-refractivity contribution in [3.63, 3.8) is 0 Å². The third-order valence-corrected chi connectivity index (χ3v) is 2.86. The first-order valence-corrected chi connectivity index (χ1v) is 5.36. The lowest BCUT2D eigenvalue weighted by Crippen LogP contribution is -2.19. The molecular weight excluding hydrogens is 202 g/mol. The molecule has 0 aliphatic carbocycles. The highest BCUT2D eigenvalue weighted by atomic mass is 16.7. The van der Waals surface area contributed by atoms with Crippen LogP contribution in [0.25, 0.3) is 10.9 Å². The van der Waals surface area contributed by atoms with Gasteiger partial charge in [0, 0.05) is 31.3 Å². The van der Waals surface area contributed by atoms with Gasteiger partial charge in [-0.05, 0) is 18.6 Å². The summed E-state index contributed by atoms with van der Waals surface area (Å²) >= 11 is 0. The van der Waals surface area contributed by atoms with Crippen molar-refractivity contribution in [2.45, 2.75) is 19.8 Å². The van der Waals surface area contributed by atoms with Crippen LogP contribution in [0.15, 0.2) is 30.5 Å². The molecule has 86 valence electrons. The lowest BCUT2D eigenvalue weighted by molar-refractivity contribution is -0.110. The molecule has 2 aromatic rings. The summed E-state index contributed by atoms with van der Waals surface area (Å²) in [5.41, 5.74) is 2.50. The SMILES string of the molecule is COC(Cn1cc(C)c2ccccc21)OC. The lowest BCUT2D eigenvalue weighted by Gasteiger charge is -2.14. The summed E-state index contributed by atoms with van der Waals surface area (Å²) in [4.78, 5) is 0. The molecule has 3 nitrogen and oxygen atoms in total. The minimum Gasteiger partial charge on any atom is -0.354 e. The lowest BCUT2D eigenvalue weighted by atomic mass is 10.2. The molecule has 0 aliphatic heterocycles. The largest absolute Gasteiger partial charge is 0.354 e. The van der Waals surface area contributed by atoms with Gasteiger partial charge in [-0.3, -0.25) is 0 Å². The van der Waals surface area contributed by atoms with Crippen LogP contribution in [0, 0.1) is 6.92 Å². The van der Waals surface area contributed by atoms with Crippen molar-refractivity contribution in [2.24, 2.45) is 0 Å². The van der Waals surface area contributed by atoms with Gasteiger partial charge in [0.15, 0.2) is 6.29 Å². The summed E-state index contributed by atoms with van der Waals surface area (Å²) in [6.07, 6.45) is 1.94. The summed E-state index contributed by atoms with van der Waals surface area (Å²) in [5, 5.41) is 1.29. The van der Waals surface area contributed by atoms with E-state index in [0.29, 0.717) is 6.54 Å². The number of benzene rings is 1. The highest BCUT2D eigenvalue weighted by molar-refractivity contribution is 5.83. The highest BCUT2D eigenvalue weighted by Crippen LogP contribution is 2.20. The summed E-state index contributed by atoms with van der Waals surface area (Å²) in [7, 11) is 3.32. The zero-order chi connectivity index (χ0) is 11.5. The van der Waals surface area contributed by atoms with Crippen LogP contribution >= 0.6 is 0 Å². The number of nitrogens with zero attached hydrogens (tertiary/aromatic N) is 1. The fourth-order valence-electron chi connectivity index (χ4n) is 1.99. The summed E-state index contributed by atoms with van der Waals surface area (Å²) in [6, 6.07) is 8.36. The van der Waals surface area contributed by atoms with Crippen molar-refractivity contribution in [1.29, 1.82) is 0 Å². The molecule has 0 amide bonds. The monoisotopic (exact) mass is 219 g/mol. The molecule has 0 unspecified atom stereocenters. The molecule has 0 saturated heterocycles. The van der Waals surface area contributed by atoms with Crippen molar-refractivity contribution >= 4 is 10.9 Å². The van der Waals surface area contributed by atoms with Crippen molar-refractivity contribution in [1.82, 2.24) is 4.57 Å². The van der Waals surface area contributed by atoms with E-state index in [1.54, 1.807) is 14.2 Å². The molecular formula is C13H17NO2. The number of hydrogen-bond acceptors (Lipinski definition) is 2. The molecule has 0 aliphatic rings. The average Bonchev–Trinajstić information content (AvgIpc) is 2.64. The molecule has 1 aromatic heterocycles. The Labute approximate surface area is 95.6 Å². The predicted molar refractivity (Wildman–Crippen MR) is 64.5 cm³/mol. The van der Waals surface area contributed by atoms with Crippen LogP contribution < -0.4 is 0 Å². The summed E-state index contributed by atoms with van der Waals surface area (Å²) in [6.45, 7) is 2.83. The maximum absolute atomic E-state index is 5.22. The van der Waals surface area contributed by atoms with Gasteiger partial charge in [0.05, 0.1) is 6.54 Å². The van der Waals surface area contributed by atoms with Gasteiger partial charge in [0.25, 0.3) is 0 Å². The molecule has 0 spiro atoms. The molecule has 0 atom stereocenters. The minimum atomic E-state index is -0.199. The molecule has 0 N–H and O–H groups in total. The number of hydrogen-bond donors (Lipinski definition) is 0. The Morgan fingerprint density at radius 3 is 2.56 bits per heavy atom. The Hall–Kier alpha value is -1.32. The van der Waals surface area contributed by atoms with E-state index in [1.165, 1.54) is 16.5 Å². The molecule has 0 fully saturated rings. The van der Waals surface area contributed by atoms with Gasteiger partial charge in [-0.2, -0.15) is 0 Å². The minimum absolute atomic E-state index is 0.199. The Morgan fingerprint density at radius 1 is 1.19 bits per heavy atom. The van der Waals surface area contributed by atoms with E-state index in [2.05, 4.69) is 35.9 Å². The fraction of sp³-hybridized carbons (Fsp3) is 0.385. The van der Waals surface area contributed by atoms with Gasteiger partial charge < -0.3 is 14.0 Å². The zero-order valence-corrected chi connectivity index (χ0v) is 9.93. The quantitative estimate of drug-likeness (QED) is 0.738. The van der Waals surface area contributed by atoms with E-state index >= 15 is 0 Å². The van der Waals surface area contributed by atoms with E-state index in [4.69, 9.17) is 9.47 Å². The number of methoxy groups -OCH3 is 2. The van der Waals surface area contributed by atoms with E-state index in [1.807, 2.05) is 6.07 Å². The van der Waals surface area contributed by atoms with Gasteiger partial charge in [-0.1, -0.05) is 18.2 Å². The van der Waals surface area contributed by atoms with Crippen LogP contribution in [0.2, 0.25) is 0 Å². The van der Waals surface area contributed by atoms with Crippen molar-refractivity contribution < 1.29 is 9.47 Å². The topological polar surface area (TPSA) is 23.4 Å². The standard InChI is InChI=1S/C13H17NO2/c1-10-8-14(9-13(15-2)16-3)12-7-5-4-6-11(10)12/h4-8,13H,9H2,1-3H3. The predicted octanol–water partition coefficient (Wildman–Crippen LogP) is 2.57. The molecule has 0 bridgehead atoms. The van der Waals surface area contributed by atoms with Crippen LogP contribution in [-0.2, 0) is 16.0 Å². The van der Waals surface area contributed by atoms with E-state index in [9.17, 15) is 0 Å². The Morgan fingerprint density at radius 2 is 1.88 bits per heavy atom. The molecule has 1 aromatic carbocycles. The number of ether oxygens (including phenoxy) is 2. The van der Waals surface area contributed by atoms with Gasteiger partial charge >= 0.3 is 0 Å². The highest BCUT2D eigenvalue weighted by Gasteiger charge is 2.10. The van der Waals surface area contributed by atoms with Gasteiger partial charge in [0.1, 0.15) is 0 Å². The Balaban J connectivity index is 2.37. The first-order chi connectivity index (χ1) is 7.76. The van der Waals surface area contributed by atoms with Crippen molar-refractivity contribution in [3.8, 4) is 0 Å². The molecule has 1 heterocycles. The maximum Gasteiger partial charge on any atom is 0.174 e. The first-order valence-electron chi connectivity index (χ1n) is 5.36. The number of aryl methyl sites for hydroxylation is 1. The third kappa shape index (κ3) is 1.96. The molecule has 0 radical (unpaired) electrons. The summed E-state index contributed by atoms with van der Waals surface area (Å²) < 4.78 is 12.6. The van der Waals surface area contributed by atoms with Crippen LogP contribution in [0.3, 0.4) is 0 Å². The normalized spacial score (nSPS) is 11.5. The summed E-state index contributed by atoms with van der Waals surface area (Å²) in [5.74, 6) is 0. The van der Waals surface area contributed by atoms with Crippen molar-refractivity contribution in [2.75, 3.05) is 14.2 Å². The second-order valence-corrected chi connectivity index (χ2v) is 3.88. The second kappa shape index (κ2) is 4.68. The molecule has 0 saturated carbocycles. The average molecular weight is 219 g/mol. The molecule has 2 rings (SSSR count). The molecule has 16 heavy (non-hydrogen) atoms. The van der Waals surface area contributed by atoms with Crippen LogP contribution in [-0.4, -0.2) is 25.1 Å². The Kier molecular flexibility index (Phi) is 3.27. The third-order valence-electron chi connectivity index (χ3n) is 2.86. The number of aromatic nitrogens is 1. The van der Waals surface area contributed by atoms with Crippen LogP contribution in [0.4, 0.5) is 0 Å².